The van der Waals surface area contributed by atoms with Gasteiger partial charge in [0.2, 0.25) is 0 Å². The van der Waals surface area contributed by atoms with Gasteiger partial charge in [-0.25, -0.2) is 4.39 Å². The van der Waals surface area contributed by atoms with Crippen LogP contribution in [0.25, 0.3) is 10.9 Å². The van der Waals surface area contributed by atoms with Crippen LogP contribution in [0, 0.1) is 5.82 Å². The first-order valence-electron chi connectivity index (χ1n) is 5.42. The fraction of sp³-hybridized carbons (Fsp3) is 0.308. The van der Waals surface area contributed by atoms with Gasteiger partial charge in [-0.1, -0.05) is 25.4 Å². The second-order valence-corrected chi connectivity index (χ2v) is 4.73. The summed E-state index contributed by atoms with van der Waals surface area (Å²) in [6, 6.07) is 2.95. The number of nitrogens with zero attached hydrogens (tertiary/aromatic N) is 1. The minimum atomic E-state index is -0.432. The van der Waals surface area contributed by atoms with Gasteiger partial charge in [0.15, 0.2) is 5.82 Å². The highest BCUT2D eigenvalue weighted by Gasteiger charge is 2.14. The SMILES string of the molecule is CC(C)c1c(CO)cnc2c(F)cc(Cl)cc12. The Kier molecular flexibility index (Phi) is 3.31. The molecule has 0 atom stereocenters. The summed E-state index contributed by atoms with van der Waals surface area (Å²) in [4.78, 5) is 4.04. The van der Waals surface area contributed by atoms with Crippen molar-refractivity contribution in [1.82, 2.24) is 4.98 Å². The lowest BCUT2D eigenvalue weighted by atomic mass is 9.94. The summed E-state index contributed by atoms with van der Waals surface area (Å²) < 4.78 is 13.7. The van der Waals surface area contributed by atoms with Gasteiger partial charge in [0.25, 0.3) is 0 Å². The Morgan fingerprint density at radius 1 is 1.41 bits per heavy atom. The molecule has 0 saturated carbocycles. The summed E-state index contributed by atoms with van der Waals surface area (Å²) in [5.41, 5.74) is 1.92. The van der Waals surface area contributed by atoms with E-state index in [9.17, 15) is 9.50 Å². The van der Waals surface area contributed by atoms with Gasteiger partial charge in [-0.05, 0) is 29.2 Å². The van der Waals surface area contributed by atoms with Crippen LogP contribution in [-0.2, 0) is 6.61 Å². The van der Waals surface area contributed by atoms with Crippen LogP contribution in [0.4, 0.5) is 4.39 Å². The molecule has 0 aliphatic rings. The highest BCUT2D eigenvalue weighted by Crippen LogP contribution is 2.31. The minimum Gasteiger partial charge on any atom is -0.392 e. The number of hydrogen-bond donors (Lipinski definition) is 1. The molecule has 0 spiro atoms. The number of halogens is 2. The van der Waals surface area contributed by atoms with Crippen molar-refractivity contribution in [2.24, 2.45) is 0 Å². The average molecular weight is 254 g/mol. The van der Waals surface area contributed by atoms with Crippen molar-refractivity contribution in [3.8, 4) is 0 Å². The first-order valence-corrected chi connectivity index (χ1v) is 5.79. The Morgan fingerprint density at radius 2 is 2.12 bits per heavy atom. The highest BCUT2D eigenvalue weighted by atomic mass is 35.5. The fourth-order valence-corrected chi connectivity index (χ4v) is 2.30. The van der Waals surface area contributed by atoms with Crippen LogP contribution >= 0.6 is 11.6 Å². The molecule has 1 aromatic carbocycles. The van der Waals surface area contributed by atoms with Crippen LogP contribution in [0.3, 0.4) is 0 Å². The van der Waals surface area contributed by atoms with Crippen molar-refractivity contribution >= 4 is 22.5 Å². The molecule has 0 aliphatic carbocycles. The number of fused-ring (bicyclic) bond motifs is 1. The van der Waals surface area contributed by atoms with Crippen LogP contribution in [0.2, 0.25) is 5.02 Å². The van der Waals surface area contributed by atoms with E-state index in [4.69, 9.17) is 11.6 Å². The number of pyridine rings is 1. The molecule has 1 heterocycles. The summed E-state index contributed by atoms with van der Waals surface area (Å²) in [6.07, 6.45) is 1.52. The zero-order valence-corrected chi connectivity index (χ0v) is 10.4. The Hall–Kier alpha value is -1.19. The number of benzene rings is 1. The van der Waals surface area contributed by atoms with Crippen molar-refractivity contribution in [2.75, 3.05) is 0 Å². The highest BCUT2D eigenvalue weighted by molar-refractivity contribution is 6.31. The predicted molar refractivity (Wildman–Crippen MR) is 66.7 cm³/mol. The van der Waals surface area contributed by atoms with Crippen LogP contribution in [0.5, 0.6) is 0 Å². The van der Waals surface area contributed by atoms with Crippen LogP contribution in [0.15, 0.2) is 18.3 Å². The maximum absolute atomic E-state index is 13.7. The lowest BCUT2D eigenvalue weighted by molar-refractivity contribution is 0.280. The third-order valence-electron chi connectivity index (χ3n) is 2.76. The maximum atomic E-state index is 13.7. The minimum absolute atomic E-state index is 0.107. The fourth-order valence-electron chi connectivity index (χ4n) is 2.10. The summed E-state index contributed by atoms with van der Waals surface area (Å²) in [5, 5.41) is 10.3. The molecule has 2 aromatic rings. The Balaban J connectivity index is 2.88. The van der Waals surface area contributed by atoms with Gasteiger partial charge in [-0.3, -0.25) is 4.98 Å². The third kappa shape index (κ3) is 2.13. The van der Waals surface area contributed by atoms with E-state index in [0.29, 0.717) is 21.5 Å². The molecule has 0 unspecified atom stereocenters. The van der Waals surface area contributed by atoms with Gasteiger partial charge >= 0.3 is 0 Å². The molecule has 0 radical (unpaired) electrons. The molecular weight excluding hydrogens is 241 g/mol. The van der Waals surface area contributed by atoms with Gasteiger partial charge < -0.3 is 5.11 Å². The van der Waals surface area contributed by atoms with Gasteiger partial charge in [-0.2, -0.15) is 0 Å². The van der Waals surface area contributed by atoms with Gasteiger partial charge in [0.1, 0.15) is 5.52 Å². The number of aliphatic hydroxyl groups is 1. The number of hydrogen-bond acceptors (Lipinski definition) is 2. The van der Waals surface area contributed by atoms with E-state index in [1.54, 1.807) is 6.07 Å². The third-order valence-corrected chi connectivity index (χ3v) is 2.98. The predicted octanol–water partition coefficient (Wildman–Crippen LogP) is 3.64. The molecular formula is C13H13ClFNO. The molecule has 0 amide bonds. The largest absolute Gasteiger partial charge is 0.392 e. The summed E-state index contributed by atoms with van der Waals surface area (Å²) >= 11 is 5.87. The number of aliphatic hydroxyl groups excluding tert-OH is 1. The lowest BCUT2D eigenvalue weighted by Crippen LogP contribution is -2.00. The quantitative estimate of drug-likeness (QED) is 0.886. The molecule has 90 valence electrons. The summed E-state index contributed by atoms with van der Waals surface area (Å²) in [7, 11) is 0. The monoisotopic (exact) mass is 253 g/mol. The molecule has 17 heavy (non-hydrogen) atoms. The topological polar surface area (TPSA) is 33.1 Å². The lowest BCUT2D eigenvalue weighted by Gasteiger charge is -2.14. The van der Waals surface area contributed by atoms with E-state index >= 15 is 0 Å². The van der Waals surface area contributed by atoms with Crippen LogP contribution in [-0.4, -0.2) is 10.1 Å². The van der Waals surface area contributed by atoms with Crippen LogP contribution in [0.1, 0.15) is 30.9 Å². The molecule has 2 nitrogen and oxygen atoms in total. The molecule has 0 fully saturated rings. The standard InChI is InChI=1S/C13H13ClFNO/c1-7(2)12-8(6-17)5-16-13-10(12)3-9(14)4-11(13)15/h3-5,7,17H,6H2,1-2H3. The molecule has 0 saturated heterocycles. The van der Waals surface area contributed by atoms with E-state index < -0.39 is 5.82 Å². The molecule has 2 rings (SSSR count). The van der Waals surface area contributed by atoms with Crippen molar-refractivity contribution in [3.05, 3.63) is 40.3 Å². The van der Waals surface area contributed by atoms with E-state index in [0.717, 1.165) is 5.56 Å². The molecule has 4 heteroatoms. The van der Waals surface area contributed by atoms with Crippen LogP contribution < -0.4 is 0 Å². The second kappa shape index (κ2) is 4.59. The Labute approximate surface area is 104 Å². The van der Waals surface area contributed by atoms with Gasteiger partial charge in [0.05, 0.1) is 6.61 Å². The summed E-state index contributed by atoms with van der Waals surface area (Å²) in [5.74, 6) is -0.264. The van der Waals surface area contributed by atoms with Gasteiger partial charge in [-0.15, -0.1) is 0 Å². The first-order chi connectivity index (χ1) is 8.04. The second-order valence-electron chi connectivity index (χ2n) is 4.29. The maximum Gasteiger partial charge on any atom is 0.150 e. The zero-order chi connectivity index (χ0) is 12.6. The molecule has 1 N–H and O–H groups in total. The van der Waals surface area contributed by atoms with Crippen molar-refractivity contribution < 1.29 is 9.50 Å². The Morgan fingerprint density at radius 3 is 2.71 bits per heavy atom. The Bertz CT molecular complexity index is 569. The average Bonchev–Trinajstić information content (AvgIpc) is 2.26. The van der Waals surface area contributed by atoms with E-state index in [-0.39, 0.29) is 12.5 Å². The van der Waals surface area contributed by atoms with E-state index in [2.05, 4.69) is 4.98 Å². The number of rotatable bonds is 2. The number of aromatic nitrogens is 1. The van der Waals surface area contributed by atoms with Crippen molar-refractivity contribution in [1.29, 1.82) is 0 Å². The zero-order valence-electron chi connectivity index (χ0n) is 9.67. The normalized spacial score (nSPS) is 11.4. The van der Waals surface area contributed by atoms with Crippen molar-refractivity contribution in [2.45, 2.75) is 26.4 Å². The summed E-state index contributed by atoms with van der Waals surface area (Å²) in [6.45, 7) is 3.88. The first kappa shape index (κ1) is 12.3. The van der Waals surface area contributed by atoms with Crippen molar-refractivity contribution in [3.63, 3.8) is 0 Å². The molecule has 0 bridgehead atoms. The smallest absolute Gasteiger partial charge is 0.150 e. The molecule has 1 aromatic heterocycles. The van der Waals surface area contributed by atoms with Gasteiger partial charge in [0, 0.05) is 16.6 Å². The van der Waals surface area contributed by atoms with E-state index in [1.165, 1.54) is 12.3 Å². The van der Waals surface area contributed by atoms with E-state index in [1.807, 2.05) is 13.8 Å². The molecule has 0 aliphatic heterocycles.